The Kier molecular flexibility index (Phi) is 60.0. The van der Waals surface area contributed by atoms with Gasteiger partial charge in [-0.05, 0) is 13.1 Å². The van der Waals surface area contributed by atoms with E-state index in [0.717, 1.165) is 13.1 Å². The van der Waals surface area contributed by atoms with Crippen LogP contribution in [0.4, 0.5) is 0 Å². The number of unbranched alkanes of at least 4 members (excludes halogenated alkanes) is 1. The molecule has 0 saturated heterocycles. The lowest BCUT2D eigenvalue weighted by Crippen LogP contribution is -1.87. The Morgan fingerprint density at radius 1 is 0.700 bits per heavy atom. The Morgan fingerprint density at radius 3 is 0.800 bits per heavy atom. The lowest BCUT2D eigenvalue weighted by atomic mass is 10.4. The van der Waals surface area contributed by atoms with Gasteiger partial charge in [-0.2, -0.15) is 0 Å². The first-order valence-corrected chi connectivity index (χ1v) is 4.14. The fourth-order valence-corrected chi connectivity index (χ4v) is 0. The van der Waals surface area contributed by atoms with Crippen LogP contribution in [-0.4, -0.2) is 13.1 Å². The van der Waals surface area contributed by atoms with Crippen molar-refractivity contribution in [1.29, 1.82) is 0 Å². The minimum atomic E-state index is 0.750. The van der Waals surface area contributed by atoms with Crippen molar-refractivity contribution < 1.29 is 0 Å². The van der Waals surface area contributed by atoms with E-state index in [1.807, 2.05) is 13.8 Å². The summed E-state index contributed by atoms with van der Waals surface area (Å²) in [4.78, 5) is 0. The van der Waals surface area contributed by atoms with E-state index in [0.29, 0.717) is 0 Å². The highest BCUT2D eigenvalue weighted by Crippen LogP contribution is 1.76. The summed E-state index contributed by atoms with van der Waals surface area (Å²) >= 11 is 0. The van der Waals surface area contributed by atoms with Crippen molar-refractivity contribution in [3.8, 4) is 0 Å². The van der Waals surface area contributed by atoms with Gasteiger partial charge >= 0.3 is 0 Å². The zero-order valence-corrected chi connectivity index (χ0v) is 7.98. The summed E-state index contributed by atoms with van der Waals surface area (Å²) in [5, 5.41) is 0. The van der Waals surface area contributed by atoms with Gasteiger partial charge in [0, 0.05) is 0 Å². The molecule has 0 bridgehead atoms. The second-order valence-electron chi connectivity index (χ2n) is 1.82. The third-order valence-electron chi connectivity index (χ3n) is 0.500. The summed E-state index contributed by atoms with van der Waals surface area (Å²) in [7, 11) is 0. The van der Waals surface area contributed by atoms with Gasteiger partial charge in [-0.1, -0.05) is 40.5 Å². The first-order valence-electron chi connectivity index (χ1n) is 4.14. The van der Waals surface area contributed by atoms with Crippen LogP contribution in [0.3, 0.4) is 0 Å². The molecule has 0 aromatic rings. The maximum Gasteiger partial charge on any atom is -0.0106 e. The molecule has 66 valence electrons. The highest BCUT2D eigenvalue weighted by Gasteiger charge is 1.56. The molecule has 0 aliphatic heterocycles. The average molecular weight is 148 g/mol. The molecule has 0 radical (unpaired) electrons. The minimum Gasteiger partial charge on any atom is -0.331 e. The summed E-state index contributed by atoms with van der Waals surface area (Å²) in [6.07, 6.45) is 2.64. The third-order valence-corrected chi connectivity index (χ3v) is 0.500. The summed E-state index contributed by atoms with van der Waals surface area (Å²) in [6.45, 7) is 9.67. The molecular formula is C8H24N2. The first kappa shape index (κ1) is 16.5. The predicted molar refractivity (Wildman–Crippen MR) is 50.0 cm³/mol. The molecule has 0 aliphatic carbocycles. The van der Waals surface area contributed by atoms with Crippen molar-refractivity contribution in [2.75, 3.05) is 13.1 Å². The van der Waals surface area contributed by atoms with Gasteiger partial charge in [0.2, 0.25) is 0 Å². The molecule has 0 spiro atoms. The number of hydrogen-bond acceptors (Lipinski definition) is 2. The van der Waals surface area contributed by atoms with Crippen molar-refractivity contribution in [2.24, 2.45) is 11.5 Å². The Balaban J connectivity index is -0.0000000750. The van der Waals surface area contributed by atoms with E-state index in [-0.39, 0.29) is 0 Å². The van der Waals surface area contributed by atoms with Gasteiger partial charge < -0.3 is 11.5 Å². The predicted octanol–water partition coefficient (Wildman–Crippen LogP) is 1.74. The smallest absolute Gasteiger partial charge is 0.0106 e. The molecule has 0 atom stereocenters. The van der Waals surface area contributed by atoms with Crippen LogP contribution < -0.4 is 11.5 Å². The van der Waals surface area contributed by atoms with Crippen molar-refractivity contribution in [2.45, 2.75) is 40.5 Å². The zero-order valence-electron chi connectivity index (χ0n) is 7.98. The van der Waals surface area contributed by atoms with Crippen LogP contribution >= 0.6 is 0 Å². The Hall–Kier alpha value is -0.0800. The van der Waals surface area contributed by atoms with E-state index >= 15 is 0 Å². The van der Waals surface area contributed by atoms with Crippen LogP contribution in [0.1, 0.15) is 40.5 Å². The van der Waals surface area contributed by atoms with E-state index in [1.54, 1.807) is 0 Å². The van der Waals surface area contributed by atoms with Crippen molar-refractivity contribution in [3.05, 3.63) is 0 Å². The quantitative estimate of drug-likeness (QED) is 0.595. The molecule has 10 heavy (non-hydrogen) atoms. The fourth-order valence-electron chi connectivity index (χ4n) is 0. The van der Waals surface area contributed by atoms with Crippen LogP contribution in [0.25, 0.3) is 0 Å². The molecular weight excluding hydrogens is 124 g/mol. The molecule has 4 N–H and O–H groups in total. The lowest BCUT2D eigenvalue weighted by molar-refractivity contribution is 0.886. The van der Waals surface area contributed by atoms with Crippen molar-refractivity contribution in [1.82, 2.24) is 0 Å². The summed E-state index contributed by atoms with van der Waals surface area (Å²) < 4.78 is 0. The number of nitrogens with two attached hydrogens (primary N) is 2. The molecule has 0 amide bonds. The van der Waals surface area contributed by atoms with Crippen LogP contribution in [0.15, 0.2) is 0 Å². The number of hydrogen-bond donors (Lipinski definition) is 2. The van der Waals surface area contributed by atoms with E-state index in [4.69, 9.17) is 11.5 Å². The van der Waals surface area contributed by atoms with Gasteiger partial charge in [-0.3, -0.25) is 0 Å². The monoisotopic (exact) mass is 148 g/mol. The molecule has 0 aromatic heterocycles. The van der Waals surface area contributed by atoms with Gasteiger partial charge in [0.15, 0.2) is 0 Å². The summed E-state index contributed by atoms with van der Waals surface area (Å²) in [5.41, 5.74) is 9.69. The van der Waals surface area contributed by atoms with Crippen LogP contribution in [0.2, 0.25) is 0 Å². The molecule has 2 heteroatoms. The molecule has 0 unspecified atom stereocenters. The molecule has 2 nitrogen and oxygen atoms in total. The van der Waals surface area contributed by atoms with Gasteiger partial charge in [0.05, 0.1) is 0 Å². The molecule has 0 heterocycles. The van der Waals surface area contributed by atoms with E-state index in [2.05, 4.69) is 13.8 Å². The van der Waals surface area contributed by atoms with Crippen LogP contribution in [0.5, 0.6) is 0 Å². The molecule has 0 aliphatic rings. The topological polar surface area (TPSA) is 52.0 Å². The maximum absolute atomic E-state index is 4.85. The second-order valence-corrected chi connectivity index (χ2v) is 1.82. The fraction of sp³-hybridized carbons (Fsp3) is 1.00. The molecule has 0 aromatic carbocycles. The van der Waals surface area contributed by atoms with E-state index < -0.39 is 0 Å². The molecule has 0 rings (SSSR count). The van der Waals surface area contributed by atoms with Gasteiger partial charge in [0.25, 0.3) is 0 Å². The Labute approximate surface area is 66.0 Å². The summed E-state index contributed by atoms with van der Waals surface area (Å²) in [5.74, 6) is 0. The van der Waals surface area contributed by atoms with E-state index in [9.17, 15) is 0 Å². The minimum absolute atomic E-state index is 0.750. The van der Waals surface area contributed by atoms with Crippen molar-refractivity contribution in [3.63, 3.8) is 0 Å². The van der Waals surface area contributed by atoms with Crippen molar-refractivity contribution >= 4 is 0 Å². The van der Waals surface area contributed by atoms with Crippen LogP contribution in [-0.2, 0) is 0 Å². The van der Waals surface area contributed by atoms with Gasteiger partial charge in [0.1, 0.15) is 0 Å². The normalized spacial score (nSPS) is 6.60. The SMILES string of the molecule is CCCC.CCN.CCN. The highest BCUT2D eigenvalue weighted by molar-refractivity contribution is 4.12. The zero-order chi connectivity index (χ0) is 8.83. The largest absolute Gasteiger partial charge is 0.331 e. The molecule has 0 fully saturated rings. The standard InChI is InChI=1S/C4H10.2C2H7N/c1-3-4-2;2*1-2-3/h3-4H2,1-2H3;2*2-3H2,1H3. The Morgan fingerprint density at radius 2 is 0.800 bits per heavy atom. The summed E-state index contributed by atoms with van der Waals surface area (Å²) in [6, 6.07) is 0. The lowest BCUT2D eigenvalue weighted by Gasteiger charge is -1.68. The molecule has 0 saturated carbocycles. The first-order chi connectivity index (χ1) is 4.74. The maximum atomic E-state index is 4.85. The number of rotatable bonds is 1. The Bertz CT molecular complexity index is 19.2. The van der Waals surface area contributed by atoms with Gasteiger partial charge in [-0.15, -0.1) is 0 Å². The highest BCUT2D eigenvalue weighted by atomic mass is 14.5. The van der Waals surface area contributed by atoms with Gasteiger partial charge in [-0.25, -0.2) is 0 Å². The van der Waals surface area contributed by atoms with E-state index in [1.165, 1.54) is 12.8 Å². The third kappa shape index (κ3) is 448. The second kappa shape index (κ2) is 36.4. The average Bonchev–Trinajstić information content (AvgIpc) is 1.91. The van der Waals surface area contributed by atoms with Crippen LogP contribution in [0, 0.1) is 0 Å².